The fourth-order valence-corrected chi connectivity index (χ4v) is 1.85. The number of phenols is 1. The first-order chi connectivity index (χ1) is 10.8. The van der Waals surface area contributed by atoms with Crippen molar-refractivity contribution in [2.75, 3.05) is 0 Å². The lowest BCUT2D eigenvalue weighted by Gasteiger charge is -2.07. The van der Waals surface area contributed by atoms with Crippen molar-refractivity contribution in [2.24, 2.45) is 5.10 Å². The predicted octanol–water partition coefficient (Wildman–Crippen LogP) is 3.57. The van der Waals surface area contributed by atoms with Crippen LogP contribution in [-0.2, 0) is 6.18 Å². The Morgan fingerprint density at radius 2 is 1.70 bits per heavy atom. The SMILES string of the molecule is C/C(=N/NC(=O)c1ccc(C(F)(F)F)cc1)c1ccccc1O. The number of aromatic hydroxyl groups is 1. The zero-order chi connectivity index (χ0) is 17.0. The highest BCUT2D eigenvalue weighted by Gasteiger charge is 2.30. The topological polar surface area (TPSA) is 61.7 Å². The highest BCUT2D eigenvalue weighted by Crippen LogP contribution is 2.29. The molecule has 4 nitrogen and oxygen atoms in total. The van der Waals surface area contributed by atoms with Crippen LogP contribution in [0, 0.1) is 0 Å². The molecule has 2 rings (SSSR count). The fourth-order valence-electron chi connectivity index (χ4n) is 1.85. The summed E-state index contributed by atoms with van der Waals surface area (Å²) < 4.78 is 37.4. The number of alkyl halides is 3. The van der Waals surface area contributed by atoms with E-state index in [0.29, 0.717) is 11.3 Å². The van der Waals surface area contributed by atoms with Crippen LogP contribution in [0.1, 0.15) is 28.4 Å². The van der Waals surface area contributed by atoms with Gasteiger partial charge in [-0.3, -0.25) is 4.79 Å². The number of carbonyl (C=O) groups excluding carboxylic acids is 1. The van der Waals surface area contributed by atoms with E-state index in [2.05, 4.69) is 10.5 Å². The summed E-state index contributed by atoms with van der Waals surface area (Å²) in [6, 6.07) is 10.2. The van der Waals surface area contributed by atoms with Gasteiger partial charge in [0.2, 0.25) is 0 Å². The van der Waals surface area contributed by atoms with Gasteiger partial charge in [-0.05, 0) is 43.3 Å². The van der Waals surface area contributed by atoms with E-state index in [1.165, 1.54) is 6.07 Å². The number of hydrazone groups is 1. The quantitative estimate of drug-likeness (QED) is 0.670. The van der Waals surface area contributed by atoms with Crippen LogP contribution in [0.5, 0.6) is 5.75 Å². The minimum Gasteiger partial charge on any atom is -0.507 e. The van der Waals surface area contributed by atoms with Gasteiger partial charge in [-0.1, -0.05) is 12.1 Å². The zero-order valence-corrected chi connectivity index (χ0v) is 12.1. The minimum absolute atomic E-state index is 0.0116. The second kappa shape index (κ2) is 6.51. The lowest BCUT2D eigenvalue weighted by atomic mass is 10.1. The molecule has 0 aromatic heterocycles. The third kappa shape index (κ3) is 4.09. The number of phenolic OH excluding ortho intramolecular Hbond substituents is 1. The summed E-state index contributed by atoms with van der Waals surface area (Å²) in [5.41, 5.74) is 2.27. The number of para-hydroxylation sites is 1. The van der Waals surface area contributed by atoms with Crippen molar-refractivity contribution in [3.8, 4) is 5.75 Å². The first-order valence-corrected chi connectivity index (χ1v) is 6.59. The second-order valence-electron chi connectivity index (χ2n) is 4.73. The van der Waals surface area contributed by atoms with E-state index in [-0.39, 0.29) is 11.3 Å². The Hall–Kier alpha value is -2.83. The zero-order valence-electron chi connectivity index (χ0n) is 12.1. The summed E-state index contributed by atoms with van der Waals surface area (Å²) in [5.74, 6) is -0.633. The number of carbonyl (C=O) groups is 1. The molecule has 2 aromatic rings. The molecule has 0 saturated heterocycles. The molecule has 0 spiro atoms. The molecular weight excluding hydrogens is 309 g/mol. The Morgan fingerprint density at radius 1 is 1.09 bits per heavy atom. The van der Waals surface area contributed by atoms with E-state index in [1.54, 1.807) is 25.1 Å². The van der Waals surface area contributed by atoms with Gasteiger partial charge in [0.25, 0.3) is 5.91 Å². The molecule has 2 aromatic carbocycles. The van der Waals surface area contributed by atoms with Crippen LogP contribution in [0.3, 0.4) is 0 Å². The molecule has 0 fully saturated rings. The Labute approximate surface area is 130 Å². The van der Waals surface area contributed by atoms with Crippen LogP contribution >= 0.6 is 0 Å². The lowest BCUT2D eigenvalue weighted by molar-refractivity contribution is -0.137. The molecule has 0 unspecified atom stereocenters. The number of hydrogen-bond acceptors (Lipinski definition) is 3. The van der Waals surface area contributed by atoms with E-state index in [4.69, 9.17) is 0 Å². The molecule has 0 aliphatic carbocycles. The average Bonchev–Trinajstić information content (AvgIpc) is 2.52. The first-order valence-electron chi connectivity index (χ1n) is 6.59. The van der Waals surface area contributed by atoms with Crippen LogP contribution in [0.15, 0.2) is 53.6 Å². The standard InChI is InChI=1S/C16H13F3N2O2/c1-10(13-4-2-3-5-14(13)22)20-21-15(23)11-6-8-12(9-7-11)16(17,18)19/h2-9,22H,1H3,(H,21,23)/b20-10-. The summed E-state index contributed by atoms with van der Waals surface area (Å²) in [6.45, 7) is 1.59. The van der Waals surface area contributed by atoms with Gasteiger partial charge in [-0.25, -0.2) is 5.43 Å². The van der Waals surface area contributed by atoms with E-state index in [1.807, 2.05) is 0 Å². The minimum atomic E-state index is -4.45. The summed E-state index contributed by atoms with van der Waals surface area (Å²) >= 11 is 0. The normalized spacial score (nSPS) is 12.1. The Kier molecular flexibility index (Phi) is 4.68. The number of hydrogen-bond donors (Lipinski definition) is 2. The van der Waals surface area contributed by atoms with Gasteiger partial charge in [0, 0.05) is 11.1 Å². The van der Waals surface area contributed by atoms with Crippen molar-refractivity contribution in [1.82, 2.24) is 5.43 Å². The summed E-state index contributed by atoms with van der Waals surface area (Å²) in [5, 5.41) is 13.5. The molecule has 0 atom stereocenters. The molecule has 2 N–H and O–H groups in total. The molecule has 0 bridgehead atoms. The fraction of sp³-hybridized carbons (Fsp3) is 0.125. The van der Waals surface area contributed by atoms with Crippen LogP contribution in [0.4, 0.5) is 13.2 Å². The van der Waals surface area contributed by atoms with E-state index < -0.39 is 17.6 Å². The van der Waals surface area contributed by atoms with Crippen molar-refractivity contribution in [1.29, 1.82) is 0 Å². The number of amides is 1. The highest BCUT2D eigenvalue weighted by molar-refractivity contribution is 6.02. The molecule has 0 aliphatic rings. The van der Waals surface area contributed by atoms with Crippen LogP contribution in [0.2, 0.25) is 0 Å². The summed E-state index contributed by atoms with van der Waals surface area (Å²) in [4.78, 5) is 11.9. The Morgan fingerprint density at radius 3 is 2.26 bits per heavy atom. The number of nitrogens with one attached hydrogen (secondary N) is 1. The third-order valence-corrected chi connectivity index (χ3v) is 3.09. The molecule has 23 heavy (non-hydrogen) atoms. The van der Waals surface area contributed by atoms with E-state index >= 15 is 0 Å². The largest absolute Gasteiger partial charge is 0.507 e. The highest BCUT2D eigenvalue weighted by atomic mass is 19.4. The van der Waals surface area contributed by atoms with Gasteiger partial charge in [-0.2, -0.15) is 18.3 Å². The second-order valence-corrected chi connectivity index (χ2v) is 4.73. The van der Waals surface area contributed by atoms with E-state index in [9.17, 15) is 23.1 Å². The van der Waals surface area contributed by atoms with Gasteiger partial charge < -0.3 is 5.11 Å². The molecule has 7 heteroatoms. The molecule has 1 amide bonds. The van der Waals surface area contributed by atoms with Crippen molar-refractivity contribution < 1.29 is 23.1 Å². The number of benzene rings is 2. The maximum Gasteiger partial charge on any atom is 0.416 e. The van der Waals surface area contributed by atoms with Crippen molar-refractivity contribution in [3.05, 3.63) is 65.2 Å². The van der Waals surface area contributed by atoms with Gasteiger partial charge >= 0.3 is 6.18 Å². The molecular formula is C16H13F3N2O2. The first kappa shape index (κ1) is 16.5. The Balaban J connectivity index is 2.10. The van der Waals surface area contributed by atoms with Gasteiger partial charge in [0.15, 0.2) is 0 Å². The molecule has 120 valence electrons. The smallest absolute Gasteiger partial charge is 0.416 e. The third-order valence-electron chi connectivity index (χ3n) is 3.09. The maximum atomic E-state index is 12.5. The monoisotopic (exact) mass is 322 g/mol. The Bertz CT molecular complexity index is 738. The summed E-state index contributed by atoms with van der Waals surface area (Å²) in [6.07, 6.45) is -4.45. The molecule has 0 aliphatic heterocycles. The number of halogens is 3. The van der Waals surface area contributed by atoms with Gasteiger partial charge in [0.1, 0.15) is 5.75 Å². The van der Waals surface area contributed by atoms with E-state index in [0.717, 1.165) is 24.3 Å². The van der Waals surface area contributed by atoms with Crippen molar-refractivity contribution in [2.45, 2.75) is 13.1 Å². The van der Waals surface area contributed by atoms with Gasteiger partial charge in [-0.15, -0.1) is 0 Å². The van der Waals surface area contributed by atoms with Gasteiger partial charge in [0.05, 0.1) is 11.3 Å². The summed E-state index contributed by atoms with van der Waals surface area (Å²) in [7, 11) is 0. The number of rotatable bonds is 3. The van der Waals surface area contributed by atoms with Crippen LogP contribution < -0.4 is 5.43 Å². The van der Waals surface area contributed by atoms with Crippen molar-refractivity contribution in [3.63, 3.8) is 0 Å². The van der Waals surface area contributed by atoms with Crippen LogP contribution in [0.25, 0.3) is 0 Å². The van der Waals surface area contributed by atoms with Crippen molar-refractivity contribution >= 4 is 11.6 Å². The maximum absolute atomic E-state index is 12.5. The predicted molar refractivity (Wildman–Crippen MR) is 79.2 cm³/mol. The number of nitrogens with zero attached hydrogens (tertiary/aromatic N) is 1. The van der Waals surface area contributed by atoms with Crippen LogP contribution in [-0.4, -0.2) is 16.7 Å². The molecule has 0 saturated carbocycles. The lowest BCUT2D eigenvalue weighted by Crippen LogP contribution is -2.19. The average molecular weight is 322 g/mol. The molecule has 0 heterocycles. The molecule has 0 radical (unpaired) electrons.